The Bertz CT molecular complexity index is 1140. The van der Waals surface area contributed by atoms with Gasteiger partial charge in [0.15, 0.2) is 0 Å². The molecule has 0 amide bonds. The third kappa shape index (κ3) is 5.43. The van der Waals surface area contributed by atoms with Crippen molar-refractivity contribution in [1.29, 1.82) is 0 Å². The summed E-state index contributed by atoms with van der Waals surface area (Å²) in [7, 11) is 3.30. The highest BCUT2D eigenvalue weighted by Gasteiger charge is 2.29. The molecule has 2 atom stereocenters. The van der Waals surface area contributed by atoms with Crippen LogP contribution in [-0.4, -0.2) is 54.2 Å². The Morgan fingerprint density at radius 3 is 2.76 bits per heavy atom. The topological polar surface area (TPSA) is 110 Å². The Labute approximate surface area is 199 Å². The Kier molecular flexibility index (Phi) is 7.23. The second kappa shape index (κ2) is 10.3. The van der Waals surface area contributed by atoms with Crippen LogP contribution < -0.4 is 4.74 Å². The lowest BCUT2D eigenvalue weighted by molar-refractivity contribution is -0.147. The first-order valence-electron chi connectivity index (χ1n) is 11.8. The maximum atomic E-state index is 11.9. The highest BCUT2D eigenvalue weighted by atomic mass is 16.5. The smallest absolute Gasteiger partial charge is 0.308 e. The summed E-state index contributed by atoms with van der Waals surface area (Å²) in [4.78, 5) is 16.7. The van der Waals surface area contributed by atoms with Gasteiger partial charge in [0, 0.05) is 13.2 Å². The van der Waals surface area contributed by atoms with E-state index in [0.717, 1.165) is 54.2 Å². The molecule has 34 heavy (non-hydrogen) atoms. The van der Waals surface area contributed by atoms with Gasteiger partial charge in [-0.1, -0.05) is 24.3 Å². The first kappa shape index (κ1) is 23.8. The van der Waals surface area contributed by atoms with Gasteiger partial charge in [0.05, 0.1) is 48.5 Å². The number of nitrogens with zero attached hydrogens (tertiary/aromatic N) is 7. The Balaban J connectivity index is 1.49. The number of aromatic nitrogens is 7. The molecule has 0 bridgehead atoms. The first-order valence-corrected chi connectivity index (χ1v) is 11.8. The number of hydrogen-bond acceptors (Lipinski definition) is 8. The predicted molar refractivity (Wildman–Crippen MR) is 125 cm³/mol. The molecule has 0 spiro atoms. The van der Waals surface area contributed by atoms with E-state index in [0.29, 0.717) is 24.6 Å². The normalized spacial score (nSPS) is 18.3. The lowest BCUT2D eigenvalue weighted by atomic mass is 9.87. The van der Waals surface area contributed by atoms with E-state index in [1.807, 2.05) is 37.0 Å². The van der Waals surface area contributed by atoms with Crippen LogP contribution >= 0.6 is 0 Å². The van der Waals surface area contributed by atoms with E-state index < -0.39 is 0 Å². The number of methoxy groups -OCH3 is 1. The molecule has 10 heteroatoms. The fraction of sp³-hybridized carbons (Fsp3) is 0.583. The number of aryl methyl sites for hydroxylation is 2. The average molecular weight is 468 g/mol. The summed E-state index contributed by atoms with van der Waals surface area (Å²) < 4.78 is 14.7. The molecule has 1 fully saturated rings. The van der Waals surface area contributed by atoms with Crippen LogP contribution in [0.4, 0.5) is 0 Å². The molecule has 0 radical (unpaired) electrons. The molecular formula is C24H33N7O3. The molecule has 0 saturated heterocycles. The van der Waals surface area contributed by atoms with Crippen LogP contribution in [-0.2, 0) is 29.5 Å². The molecule has 3 heterocycles. The first-order chi connectivity index (χ1) is 16.3. The zero-order chi connectivity index (χ0) is 24.2. The molecule has 1 saturated carbocycles. The van der Waals surface area contributed by atoms with Gasteiger partial charge in [0.1, 0.15) is 11.4 Å². The van der Waals surface area contributed by atoms with E-state index in [1.54, 1.807) is 4.68 Å². The molecular weight excluding hydrogens is 434 g/mol. The minimum atomic E-state index is -0.155. The van der Waals surface area contributed by atoms with Crippen LogP contribution in [0.15, 0.2) is 18.3 Å². The third-order valence-electron chi connectivity index (χ3n) is 6.19. The summed E-state index contributed by atoms with van der Waals surface area (Å²) in [5, 5.41) is 17.1. The summed E-state index contributed by atoms with van der Waals surface area (Å²) in [5.41, 5.74) is 4.08. The molecule has 0 aliphatic heterocycles. The fourth-order valence-corrected chi connectivity index (χ4v) is 4.45. The van der Waals surface area contributed by atoms with Crippen LogP contribution in [0.5, 0.6) is 5.75 Å². The number of ether oxygens (including phenoxy) is 2. The van der Waals surface area contributed by atoms with Crippen molar-refractivity contribution in [2.75, 3.05) is 7.11 Å². The van der Waals surface area contributed by atoms with Crippen molar-refractivity contribution in [3.63, 3.8) is 0 Å². The number of carbonyl (C=O) groups excluding carboxylic acids is 1. The molecule has 0 N–H and O–H groups in total. The van der Waals surface area contributed by atoms with Crippen LogP contribution in [0.25, 0.3) is 11.4 Å². The molecule has 3 aromatic heterocycles. The molecule has 1 aliphatic carbocycles. The van der Waals surface area contributed by atoms with E-state index in [1.165, 1.54) is 7.11 Å². The predicted octanol–water partition coefficient (Wildman–Crippen LogP) is 3.13. The van der Waals surface area contributed by atoms with E-state index >= 15 is 0 Å². The molecule has 1 aliphatic rings. The van der Waals surface area contributed by atoms with Gasteiger partial charge in [-0.15, -0.1) is 10.2 Å². The van der Waals surface area contributed by atoms with E-state index in [2.05, 4.69) is 34.5 Å². The summed E-state index contributed by atoms with van der Waals surface area (Å²) in [6.45, 7) is 6.75. The summed E-state index contributed by atoms with van der Waals surface area (Å²) in [6, 6.07) is 3.83. The van der Waals surface area contributed by atoms with Gasteiger partial charge in [-0.05, 0) is 57.1 Å². The number of rotatable bonds is 8. The van der Waals surface area contributed by atoms with Gasteiger partial charge in [-0.25, -0.2) is 14.3 Å². The molecule has 0 unspecified atom stereocenters. The lowest BCUT2D eigenvalue weighted by Crippen LogP contribution is -2.30. The van der Waals surface area contributed by atoms with E-state index in [4.69, 9.17) is 14.5 Å². The van der Waals surface area contributed by atoms with Crippen LogP contribution in [0.3, 0.4) is 0 Å². The van der Waals surface area contributed by atoms with Crippen molar-refractivity contribution in [3.8, 4) is 17.1 Å². The highest BCUT2D eigenvalue weighted by molar-refractivity contribution is 5.72. The largest absolute Gasteiger partial charge is 0.489 e. The number of carbonyl (C=O) groups is 1. The minimum Gasteiger partial charge on any atom is -0.489 e. The van der Waals surface area contributed by atoms with Crippen LogP contribution in [0.1, 0.15) is 56.6 Å². The number of hydrogen-bond donors (Lipinski definition) is 0. The van der Waals surface area contributed by atoms with Crippen molar-refractivity contribution in [2.45, 2.75) is 65.5 Å². The van der Waals surface area contributed by atoms with Gasteiger partial charge >= 0.3 is 5.97 Å². The van der Waals surface area contributed by atoms with Gasteiger partial charge in [-0.2, -0.15) is 0 Å². The molecule has 4 rings (SSSR count). The maximum Gasteiger partial charge on any atom is 0.308 e. The van der Waals surface area contributed by atoms with Crippen molar-refractivity contribution in [3.05, 3.63) is 35.4 Å². The zero-order valence-corrected chi connectivity index (χ0v) is 20.6. The second-order valence-corrected chi connectivity index (χ2v) is 9.42. The summed E-state index contributed by atoms with van der Waals surface area (Å²) in [5.74, 6) is 0.986. The minimum absolute atomic E-state index is 0.0244. The Morgan fingerprint density at radius 1 is 1.21 bits per heavy atom. The second-order valence-electron chi connectivity index (χ2n) is 9.42. The van der Waals surface area contributed by atoms with E-state index in [-0.39, 0.29) is 18.0 Å². The molecule has 182 valence electrons. The van der Waals surface area contributed by atoms with Crippen LogP contribution in [0, 0.1) is 18.8 Å². The van der Waals surface area contributed by atoms with E-state index in [9.17, 15) is 4.79 Å². The summed E-state index contributed by atoms with van der Waals surface area (Å²) in [6.07, 6.45) is 6.21. The fourth-order valence-electron chi connectivity index (χ4n) is 4.45. The number of esters is 1. The quantitative estimate of drug-likeness (QED) is 0.465. The molecule has 0 aromatic carbocycles. The standard InChI is InChI=1S/C24H33N7O3/c1-15(2)11-18-13-31(29-26-18)14-21-23(27-28-30(21)4)20-9-10-22(16(3)25-20)34-19-8-6-7-17(12-19)24(32)33-5/h9-10,13,15,17,19H,6-8,11-12,14H2,1-5H3/t17-,19-/m0/s1. The molecule has 10 nitrogen and oxygen atoms in total. The maximum absolute atomic E-state index is 11.9. The Morgan fingerprint density at radius 2 is 2.03 bits per heavy atom. The van der Waals surface area contributed by atoms with Gasteiger partial charge < -0.3 is 9.47 Å². The van der Waals surface area contributed by atoms with Gasteiger partial charge in [0.2, 0.25) is 0 Å². The number of pyridine rings is 1. The highest BCUT2D eigenvalue weighted by Crippen LogP contribution is 2.31. The van der Waals surface area contributed by atoms with Crippen molar-refractivity contribution in [1.82, 2.24) is 35.0 Å². The van der Waals surface area contributed by atoms with Crippen molar-refractivity contribution >= 4 is 5.97 Å². The van der Waals surface area contributed by atoms with Gasteiger partial charge in [0.25, 0.3) is 0 Å². The van der Waals surface area contributed by atoms with Gasteiger partial charge in [-0.3, -0.25) is 4.79 Å². The van der Waals surface area contributed by atoms with Crippen molar-refractivity contribution in [2.24, 2.45) is 18.9 Å². The van der Waals surface area contributed by atoms with Crippen molar-refractivity contribution < 1.29 is 14.3 Å². The third-order valence-corrected chi connectivity index (χ3v) is 6.19. The lowest BCUT2D eigenvalue weighted by Gasteiger charge is -2.28. The Hall–Kier alpha value is -3.30. The van der Waals surface area contributed by atoms with Crippen LogP contribution in [0.2, 0.25) is 0 Å². The SMILES string of the molecule is COC(=O)[C@H]1CCC[C@H](Oc2ccc(-c3nnn(C)c3Cn3cc(CC(C)C)nn3)nc2C)C1. The monoisotopic (exact) mass is 467 g/mol. The zero-order valence-electron chi connectivity index (χ0n) is 20.6. The summed E-state index contributed by atoms with van der Waals surface area (Å²) >= 11 is 0. The average Bonchev–Trinajstić information content (AvgIpc) is 3.41. The molecule has 3 aromatic rings.